The molecule has 33 heavy (non-hydrogen) atoms. The molecule has 2 atom stereocenters. The number of aliphatic carboxylic acids is 1. The highest BCUT2D eigenvalue weighted by Gasteiger charge is 2.27. The van der Waals surface area contributed by atoms with Gasteiger partial charge in [-0.15, -0.1) is 0 Å². The Balaban J connectivity index is 1.90. The van der Waals surface area contributed by atoms with Gasteiger partial charge < -0.3 is 21.1 Å². The van der Waals surface area contributed by atoms with Gasteiger partial charge in [0.05, 0.1) is 6.42 Å². The molecular formula is C25H31N3O5. The van der Waals surface area contributed by atoms with Gasteiger partial charge in [-0.3, -0.25) is 19.2 Å². The van der Waals surface area contributed by atoms with Gasteiger partial charge in [0.25, 0.3) is 0 Å². The number of amides is 3. The number of carboxylic acid groups (broad SMARTS) is 1. The summed E-state index contributed by atoms with van der Waals surface area (Å²) in [6.45, 7) is 0.409. The third-order valence-corrected chi connectivity index (χ3v) is 5.24. The Bertz CT molecular complexity index is 918. The van der Waals surface area contributed by atoms with E-state index in [-0.39, 0.29) is 37.5 Å². The van der Waals surface area contributed by atoms with Crippen LogP contribution in [0.4, 0.5) is 0 Å². The molecule has 0 saturated carbocycles. The van der Waals surface area contributed by atoms with Crippen LogP contribution in [0.2, 0.25) is 0 Å². The van der Waals surface area contributed by atoms with Crippen LogP contribution in [0, 0.1) is 5.92 Å². The van der Waals surface area contributed by atoms with Crippen LogP contribution in [0.25, 0.3) is 0 Å². The smallest absolute Gasteiger partial charge is 0.304 e. The molecule has 0 bridgehead atoms. The predicted molar refractivity (Wildman–Crippen MR) is 124 cm³/mol. The highest BCUT2D eigenvalue weighted by molar-refractivity contribution is 5.90. The molecule has 3 amide bonds. The first kappa shape index (κ1) is 25.6. The molecule has 0 aliphatic rings. The van der Waals surface area contributed by atoms with Crippen LogP contribution in [-0.4, -0.2) is 41.9 Å². The molecule has 2 aromatic carbocycles. The molecule has 0 spiro atoms. The molecule has 0 fully saturated rings. The Morgan fingerprint density at radius 2 is 1.48 bits per heavy atom. The number of hydrogen-bond acceptors (Lipinski definition) is 4. The second-order valence-corrected chi connectivity index (χ2v) is 7.81. The van der Waals surface area contributed by atoms with Crippen molar-refractivity contribution in [2.45, 2.75) is 44.7 Å². The quantitative estimate of drug-likeness (QED) is 0.369. The number of carbonyl (C=O) groups is 4. The van der Waals surface area contributed by atoms with E-state index in [9.17, 15) is 24.3 Å². The minimum absolute atomic E-state index is 0.166. The number of carbonyl (C=O) groups excluding carboxylic acids is 3. The van der Waals surface area contributed by atoms with E-state index in [0.717, 1.165) is 11.1 Å². The van der Waals surface area contributed by atoms with E-state index in [1.54, 1.807) is 0 Å². The fourth-order valence-electron chi connectivity index (χ4n) is 3.45. The van der Waals surface area contributed by atoms with Crippen molar-refractivity contribution in [3.63, 3.8) is 0 Å². The van der Waals surface area contributed by atoms with Gasteiger partial charge >= 0.3 is 5.97 Å². The van der Waals surface area contributed by atoms with Crippen LogP contribution in [0.15, 0.2) is 60.7 Å². The Labute approximate surface area is 193 Å². The zero-order chi connectivity index (χ0) is 24.1. The van der Waals surface area contributed by atoms with E-state index < -0.39 is 23.8 Å². The maximum atomic E-state index is 12.8. The van der Waals surface area contributed by atoms with Crippen LogP contribution in [0.1, 0.15) is 36.8 Å². The summed E-state index contributed by atoms with van der Waals surface area (Å²) < 4.78 is 0. The first-order valence-corrected chi connectivity index (χ1v) is 11.0. The Hall–Kier alpha value is -3.68. The molecule has 2 rings (SSSR count). The number of likely N-dealkylation sites (N-methyl/N-ethyl adjacent to an activating group) is 1. The van der Waals surface area contributed by atoms with Crippen molar-refractivity contribution in [2.24, 2.45) is 5.92 Å². The average molecular weight is 454 g/mol. The fraction of sp³-hybridized carbons (Fsp3) is 0.360. The zero-order valence-electron chi connectivity index (χ0n) is 18.8. The number of carboxylic acids is 1. The summed E-state index contributed by atoms with van der Waals surface area (Å²) in [5, 5.41) is 17.3. The SMILES string of the molecule is CNC(=O)[C@H](Cc1ccccc1)NC(=O)[C@H](CCCC(=O)NCc1ccccc1)CC(=O)O. The molecule has 4 N–H and O–H groups in total. The van der Waals surface area contributed by atoms with Gasteiger partial charge in [-0.25, -0.2) is 0 Å². The zero-order valence-corrected chi connectivity index (χ0v) is 18.8. The lowest BCUT2D eigenvalue weighted by Crippen LogP contribution is -2.49. The van der Waals surface area contributed by atoms with E-state index in [1.807, 2.05) is 60.7 Å². The first-order valence-electron chi connectivity index (χ1n) is 11.0. The molecule has 176 valence electrons. The number of benzene rings is 2. The predicted octanol–water partition coefficient (Wildman–Crippen LogP) is 2.04. The van der Waals surface area contributed by atoms with Gasteiger partial charge in [0.15, 0.2) is 0 Å². The van der Waals surface area contributed by atoms with Crippen molar-refractivity contribution in [3.05, 3.63) is 71.8 Å². The Kier molecular flexibility index (Phi) is 10.6. The van der Waals surface area contributed by atoms with Crippen LogP contribution in [0.3, 0.4) is 0 Å². The second-order valence-electron chi connectivity index (χ2n) is 7.81. The van der Waals surface area contributed by atoms with Crippen LogP contribution in [0.5, 0.6) is 0 Å². The second kappa shape index (κ2) is 13.7. The summed E-state index contributed by atoms with van der Waals surface area (Å²) in [6.07, 6.45) is 0.675. The largest absolute Gasteiger partial charge is 0.481 e. The van der Waals surface area contributed by atoms with E-state index in [0.29, 0.717) is 13.0 Å². The molecule has 0 aliphatic heterocycles. The molecule has 0 saturated heterocycles. The summed E-state index contributed by atoms with van der Waals surface area (Å²) in [5.74, 6) is -2.98. The molecule has 8 nitrogen and oxygen atoms in total. The molecule has 2 aromatic rings. The minimum Gasteiger partial charge on any atom is -0.481 e. The van der Waals surface area contributed by atoms with E-state index >= 15 is 0 Å². The summed E-state index contributed by atoms with van der Waals surface area (Å²) in [5.41, 5.74) is 1.85. The van der Waals surface area contributed by atoms with Crippen molar-refractivity contribution in [3.8, 4) is 0 Å². The van der Waals surface area contributed by atoms with Crippen molar-refractivity contribution >= 4 is 23.7 Å². The van der Waals surface area contributed by atoms with Gasteiger partial charge in [-0.05, 0) is 24.0 Å². The summed E-state index contributed by atoms with van der Waals surface area (Å²) >= 11 is 0. The average Bonchev–Trinajstić information content (AvgIpc) is 2.82. The molecule has 8 heteroatoms. The first-order chi connectivity index (χ1) is 15.9. The van der Waals surface area contributed by atoms with E-state index in [1.165, 1.54) is 7.05 Å². The van der Waals surface area contributed by atoms with Gasteiger partial charge in [-0.2, -0.15) is 0 Å². The van der Waals surface area contributed by atoms with Crippen LogP contribution < -0.4 is 16.0 Å². The highest BCUT2D eigenvalue weighted by atomic mass is 16.4. The van der Waals surface area contributed by atoms with Gasteiger partial charge in [0.1, 0.15) is 6.04 Å². The Morgan fingerprint density at radius 1 is 0.879 bits per heavy atom. The molecule has 0 aromatic heterocycles. The molecular weight excluding hydrogens is 422 g/mol. The minimum atomic E-state index is -1.11. The van der Waals surface area contributed by atoms with Crippen LogP contribution in [-0.2, 0) is 32.1 Å². The van der Waals surface area contributed by atoms with E-state index in [4.69, 9.17) is 0 Å². The van der Waals surface area contributed by atoms with Crippen molar-refractivity contribution in [2.75, 3.05) is 7.05 Å². The fourth-order valence-corrected chi connectivity index (χ4v) is 3.45. The third-order valence-electron chi connectivity index (χ3n) is 5.24. The maximum absolute atomic E-state index is 12.8. The van der Waals surface area contributed by atoms with Crippen molar-refractivity contribution in [1.82, 2.24) is 16.0 Å². The monoisotopic (exact) mass is 453 g/mol. The van der Waals surface area contributed by atoms with Crippen molar-refractivity contribution in [1.29, 1.82) is 0 Å². The molecule has 0 unspecified atom stereocenters. The maximum Gasteiger partial charge on any atom is 0.304 e. The highest BCUT2D eigenvalue weighted by Crippen LogP contribution is 2.15. The number of hydrogen-bond donors (Lipinski definition) is 4. The molecule has 0 heterocycles. The Morgan fingerprint density at radius 3 is 2.06 bits per heavy atom. The number of rotatable bonds is 13. The lowest BCUT2D eigenvalue weighted by molar-refractivity contribution is -0.141. The topological polar surface area (TPSA) is 125 Å². The third kappa shape index (κ3) is 9.55. The standard InChI is InChI=1S/C25H31N3O5/c1-26-25(33)21(15-18-9-4-2-5-10-18)28-24(32)20(16-23(30)31)13-8-14-22(29)27-17-19-11-6-3-7-12-19/h2-7,9-12,20-21H,8,13-17H2,1H3,(H,26,33)(H,27,29)(H,28,32)(H,30,31)/t20-,21+/m1/s1. The summed E-state index contributed by atoms with van der Waals surface area (Å²) in [4.78, 5) is 48.5. The van der Waals surface area contributed by atoms with Gasteiger partial charge in [0, 0.05) is 32.4 Å². The van der Waals surface area contributed by atoms with Gasteiger partial charge in [0.2, 0.25) is 17.7 Å². The summed E-state index contributed by atoms with van der Waals surface area (Å²) in [7, 11) is 1.48. The van der Waals surface area contributed by atoms with E-state index in [2.05, 4.69) is 16.0 Å². The number of nitrogens with one attached hydrogen (secondary N) is 3. The lowest BCUT2D eigenvalue weighted by Gasteiger charge is -2.21. The molecule has 0 radical (unpaired) electrons. The van der Waals surface area contributed by atoms with Crippen molar-refractivity contribution < 1.29 is 24.3 Å². The van der Waals surface area contributed by atoms with Gasteiger partial charge in [-0.1, -0.05) is 60.7 Å². The lowest BCUT2D eigenvalue weighted by atomic mass is 9.96. The molecule has 0 aliphatic carbocycles. The van der Waals surface area contributed by atoms with Crippen LogP contribution >= 0.6 is 0 Å². The normalized spacial score (nSPS) is 12.3. The summed E-state index contributed by atoms with van der Waals surface area (Å²) in [6, 6.07) is 17.9.